The molecule has 0 aliphatic carbocycles. The minimum absolute atomic E-state index is 0. The van der Waals surface area contributed by atoms with Crippen molar-refractivity contribution in [2.75, 3.05) is 6.79 Å². The van der Waals surface area contributed by atoms with E-state index in [0.29, 0.717) is 0 Å². The molecule has 0 bridgehead atoms. The Morgan fingerprint density at radius 2 is 1.00 bits per heavy atom. The van der Waals surface area contributed by atoms with Crippen molar-refractivity contribution in [2.45, 2.75) is 0 Å². The molecule has 2 aromatic carbocycles. The van der Waals surface area contributed by atoms with Gasteiger partial charge in [0.25, 0.3) is 0 Å². The zero-order chi connectivity index (χ0) is 10.3. The van der Waals surface area contributed by atoms with Gasteiger partial charge in [-0.05, 0) is 24.3 Å². The first-order valence-corrected chi connectivity index (χ1v) is 4.81. The average Bonchev–Trinajstić information content (AvgIpc) is 2.32. The van der Waals surface area contributed by atoms with Crippen molar-refractivity contribution in [3.8, 4) is 11.5 Å². The second-order valence-electron chi connectivity index (χ2n) is 3.03. The van der Waals surface area contributed by atoms with Crippen LogP contribution >= 0.6 is 0 Å². The number of para-hydroxylation sites is 2. The van der Waals surface area contributed by atoms with Crippen molar-refractivity contribution in [1.82, 2.24) is 6.15 Å². The van der Waals surface area contributed by atoms with Gasteiger partial charge in [-0.3, -0.25) is 0 Å². The third-order valence-electron chi connectivity index (χ3n) is 1.94. The second kappa shape index (κ2) is 6.48. The highest BCUT2D eigenvalue weighted by Crippen LogP contribution is 2.11. The molecule has 3 N–H and O–H groups in total. The zero-order valence-electron chi connectivity index (χ0n) is 9.00. The van der Waals surface area contributed by atoms with Gasteiger partial charge in [-0.15, -0.1) is 0 Å². The van der Waals surface area contributed by atoms with Gasteiger partial charge in [0.15, 0.2) is 0 Å². The van der Waals surface area contributed by atoms with E-state index in [1.54, 1.807) is 0 Å². The molecule has 0 spiro atoms. The fourth-order valence-corrected chi connectivity index (χ4v) is 1.20. The highest BCUT2D eigenvalue weighted by molar-refractivity contribution is 5.22. The largest absolute Gasteiger partial charge is 0.458 e. The first kappa shape index (κ1) is 12.1. The summed E-state index contributed by atoms with van der Waals surface area (Å²) in [6.45, 7) is 0.230. The van der Waals surface area contributed by atoms with Crippen molar-refractivity contribution in [1.29, 1.82) is 0 Å². The summed E-state index contributed by atoms with van der Waals surface area (Å²) in [5.41, 5.74) is 0. The Kier molecular flexibility index (Phi) is 4.89. The maximum absolute atomic E-state index is 5.39. The molecule has 0 amide bonds. The molecule has 0 radical (unpaired) electrons. The van der Waals surface area contributed by atoms with E-state index in [2.05, 4.69) is 0 Å². The number of ether oxygens (including phenoxy) is 2. The Morgan fingerprint density at radius 3 is 1.38 bits per heavy atom. The van der Waals surface area contributed by atoms with E-state index in [4.69, 9.17) is 9.47 Å². The molecule has 84 valence electrons. The van der Waals surface area contributed by atoms with E-state index in [9.17, 15) is 0 Å². The Balaban J connectivity index is 0.00000128. The van der Waals surface area contributed by atoms with Crippen LogP contribution in [0.4, 0.5) is 0 Å². The van der Waals surface area contributed by atoms with Crippen LogP contribution in [0.15, 0.2) is 60.7 Å². The summed E-state index contributed by atoms with van der Waals surface area (Å²) in [4.78, 5) is 0. The molecule has 16 heavy (non-hydrogen) atoms. The maximum atomic E-state index is 5.39. The number of benzene rings is 2. The minimum atomic E-state index is 0. The summed E-state index contributed by atoms with van der Waals surface area (Å²) in [5.74, 6) is 1.63. The molecular formula is C13H15NO2. The first-order valence-electron chi connectivity index (χ1n) is 4.81. The molecule has 0 fully saturated rings. The predicted octanol–water partition coefficient (Wildman–Crippen LogP) is 3.26. The van der Waals surface area contributed by atoms with Crippen LogP contribution in [0.1, 0.15) is 0 Å². The standard InChI is InChI=1S/C13H12O2.H3N/c1-3-7-12(8-4-1)14-11-15-13-9-5-2-6-10-13;/h1-10H,11H2;1H3. The van der Waals surface area contributed by atoms with Crippen LogP contribution in [0.3, 0.4) is 0 Å². The molecule has 0 aliphatic heterocycles. The SMILES string of the molecule is N.c1ccc(OCOc2ccccc2)cc1. The lowest BCUT2D eigenvalue weighted by Crippen LogP contribution is -2.05. The summed E-state index contributed by atoms with van der Waals surface area (Å²) < 4.78 is 10.8. The number of hydrogen-bond acceptors (Lipinski definition) is 3. The van der Waals surface area contributed by atoms with E-state index in [1.807, 2.05) is 60.7 Å². The normalized spacial score (nSPS) is 9.00. The van der Waals surface area contributed by atoms with Gasteiger partial charge in [-0.1, -0.05) is 36.4 Å². The Labute approximate surface area is 95.2 Å². The van der Waals surface area contributed by atoms with Gasteiger partial charge in [0.1, 0.15) is 11.5 Å². The van der Waals surface area contributed by atoms with Crippen molar-refractivity contribution in [2.24, 2.45) is 0 Å². The van der Waals surface area contributed by atoms with Crippen LogP contribution in [-0.2, 0) is 0 Å². The van der Waals surface area contributed by atoms with Gasteiger partial charge < -0.3 is 15.6 Å². The van der Waals surface area contributed by atoms with E-state index in [-0.39, 0.29) is 12.9 Å². The van der Waals surface area contributed by atoms with Gasteiger partial charge in [0.2, 0.25) is 6.79 Å². The Morgan fingerprint density at radius 1 is 0.625 bits per heavy atom. The third-order valence-corrected chi connectivity index (χ3v) is 1.94. The lowest BCUT2D eigenvalue weighted by Gasteiger charge is -2.07. The molecule has 0 saturated carbocycles. The molecular weight excluding hydrogens is 202 g/mol. The second-order valence-corrected chi connectivity index (χ2v) is 3.03. The summed E-state index contributed by atoms with van der Waals surface area (Å²) in [6, 6.07) is 19.2. The third kappa shape index (κ3) is 3.63. The van der Waals surface area contributed by atoms with Crippen molar-refractivity contribution < 1.29 is 9.47 Å². The summed E-state index contributed by atoms with van der Waals surface area (Å²) in [5, 5.41) is 0. The molecule has 3 nitrogen and oxygen atoms in total. The van der Waals surface area contributed by atoms with Gasteiger partial charge in [0, 0.05) is 0 Å². The topological polar surface area (TPSA) is 53.5 Å². The van der Waals surface area contributed by atoms with Crippen molar-refractivity contribution in [3.05, 3.63) is 60.7 Å². The average molecular weight is 217 g/mol. The van der Waals surface area contributed by atoms with Gasteiger partial charge in [-0.25, -0.2) is 0 Å². The van der Waals surface area contributed by atoms with E-state index in [0.717, 1.165) is 11.5 Å². The van der Waals surface area contributed by atoms with Crippen LogP contribution in [0.5, 0.6) is 11.5 Å². The lowest BCUT2D eigenvalue weighted by molar-refractivity contribution is 0.120. The fourth-order valence-electron chi connectivity index (χ4n) is 1.20. The van der Waals surface area contributed by atoms with Crippen LogP contribution in [0.25, 0.3) is 0 Å². The molecule has 0 aromatic heterocycles. The highest BCUT2D eigenvalue weighted by atomic mass is 16.7. The highest BCUT2D eigenvalue weighted by Gasteiger charge is 1.92. The lowest BCUT2D eigenvalue weighted by atomic mass is 10.3. The minimum Gasteiger partial charge on any atom is -0.458 e. The molecule has 0 saturated heterocycles. The van der Waals surface area contributed by atoms with Crippen LogP contribution in [-0.4, -0.2) is 6.79 Å². The quantitative estimate of drug-likeness (QED) is 0.800. The molecule has 2 aromatic rings. The van der Waals surface area contributed by atoms with Gasteiger partial charge in [0.05, 0.1) is 0 Å². The zero-order valence-corrected chi connectivity index (χ0v) is 9.00. The van der Waals surface area contributed by atoms with Gasteiger partial charge in [-0.2, -0.15) is 0 Å². The molecule has 0 atom stereocenters. The molecule has 0 aliphatic rings. The summed E-state index contributed by atoms with van der Waals surface area (Å²) >= 11 is 0. The molecule has 0 heterocycles. The first-order chi connectivity index (χ1) is 7.45. The molecule has 2 rings (SSSR count). The summed E-state index contributed by atoms with van der Waals surface area (Å²) in [6.07, 6.45) is 0. The van der Waals surface area contributed by atoms with Crippen molar-refractivity contribution >= 4 is 0 Å². The number of hydrogen-bond donors (Lipinski definition) is 1. The van der Waals surface area contributed by atoms with Crippen LogP contribution in [0, 0.1) is 0 Å². The van der Waals surface area contributed by atoms with Gasteiger partial charge >= 0.3 is 0 Å². The molecule has 3 heteroatoms. The van der Waals surface area contributed by atoms with E-state index >= 15 is 0 Å². The van der Waals surface area contributed by atoms with Crippen LogP contribution in [0.2, 0.25) is 0 Å². The Hall–Kier alpha value is -2.00. The van der Waals surface area contributed by atoms with Crippen molar-refractivity contribution in [3.63, 3.8) is 0 Å². The smallest absolute Gasteiger partial charge is 0.230 e. The van der Waals surface area contributed by atoms with Crippen LogP contribution < -0.4 is 15.6 Å². The Bertz CT molecular complexity index is 350. The molecule has 0 unspecified atom stereocenters. The monoisotopic (exact) mass is 217 g/mol. The number of rotatable bonds is 4. The summed E-state index contributed by atoms with van der Waals surface area (Å²) in [7, 11) is 0. The predicted molar refractivity (Wildman–Crippen MR) is 64.0 cm³/mol. The maximum Gasteiger partial charge on any atom is 0.230 e. The van der Waals surface area contributed by atoms with E-state index in [1.165, 1.54) is 0 Å². The fraction of sp³-hybridized carbons (Fsp3) is 0.0769. The van der Waals surface area contributed by atoms with E-state index < -0.39 is 0 Å².